The molecule has 2 N–H and O–H groups in total. The maximum absolute atomic E-state index is 11.0. The number of amides is 1. The van der Waals surface area contributed by atoms with Crippen LogP contribution in [0.4, 0.5) is 5.69 Å². The molecule has 0 saturated heterocycles. The van der Waals surface area contributed by atoms with Crippen LogP contribution >= 0.6 is 12.4 Å². The number of carbonyl (C=O) groups excluding carboxylic acids is 1. The number of carboxylic acids is 1. The van der Waals surface area contributed by atoms with Crippen molar-refractivity contribution in [2.45, 2.75) is 0 Å². The lowest BCUT2D eigenvalue weighted by Crippen LogP contribution is -2.21. The third-order valence-electron chi connectivity index (χ3n) is 2.23. The molecule has 88 valence electrons. The molecular weight excluding hydrogens is 242 g/mol. The van der Waals surface area contributed by atoms with Gasteiger partial charge in [0.25, 0.3) is 0 Å². The molecule has 2 aromatic carbocycles. The molecule has 0 aliphatic carbocycles. The Bertz CT molecular complexity index is 563. The molecule has 4 nitrogen and oxygen atoms in total. The number of carbonyl (C=O) groups is 2. The van der Waals surface area contributed by atoms with Gasteiger partial charge in [-0.3, -0.25) is 4.79 Å². The van der Waals surface area contributed by atoms with Crippen molar-refractivity contribution in [1.29, 1.82) is 0 Å². The standard InChI is InChI=1S/C12H9NO3.ClH/c14-11(12(15)16)13-10-7-3-5-8-4-1-2-6-9(8)10;/h1-7H,(H,13,14)(H,15,16);1H. The predicted octanol–water partition coefficient (Wildman–Crippen LogP) is 2.28. The summed E-state index contributed by atoms with van der Waals surface area (Å²) in [5, 5.41) is 12.6. The van der Waals surface area contributed by atoms with Gasteiger partial charge in [0, 0.05) is 11.1 Å². The van der Waals surface area contributed by atoms with E-state index in [1.54, 1.807) is 12.1 Å². The van der Waals surface area contributed by atoms with Crippen LogP contribution in [0.3, 0.4) is 0 Å². The first-order chi connectivity index (χ1) is 7.68. The van der Waals surface area contributed by atoms with E-state index >= 15 is 0 Å². The Hall–Kier alpha value is -2.07. The van der Waals surface area contributed by atoms with Crippen LogP contribution in [0.5, 0.6) is 0 Å². The first kappa shape index (κ1) is 13.0. The Labute approximate surface area is 104 Å². The molecule has 2 rings (SSSR count). The summed E-state index contributed by atoms with van der Waals surface area (Å²) in [7, 11) is 0. The Morgan fingerprint density at radius 1 is 1.00 bits per heavy atom. The lowest BCUT2D eigenvalue weighted by atomic mass is 10.1. The summed E-state index contributed by atoms with van der Waals surface area (Å²) >= 11 is 0. The van der Waals surface area contributed by atoms with E-state index in [4.69, 9.17) is 5.11 Å². The molecule has 0 saturated carbocycles. The summed E-state index contributed by atoms with van der Waals surface area (Å²) in [6, 6.07) is 12.8. The summed E-state index contributed by atoms with van der Waals surface area (Å²) in [5.74, 6) is -2.52. The van der Waals surface area contributed by atoms with E-state index in [0.29, 0.717) is 5.69 Å². The average Bonchev–Trinajstić information content (AvgIpc) is 2.29. The summed E-state index contributed by atoms with van der Waals surface area (Å²) in [6.45, 7) is 0. The largest absolute Gasteiger partial charge is 0.474 e. The summed E-state index contributed by atoms with van der Waals surface area (Å²) in [6.07, 6.45) is 0. The number of anilines is 1. The monoisotopic (exact) mass is 251 g/mol. The Morgan fingerprint density at radius 2 is 1.65 bits per heavy atom. The molecule has 0 fully saturated rings. The van der Waals surface area contributed by atoms with Gasteiger partial charge in [-0.2, -0.15) is 0 Å². The fourth-order valence-corrected chi connectivity index (χ4v) is 1.51. The van der Waals surface area contributed by atoms with Crippen LogP contribution in [0.2, 0.25) is 0 Å². The maximum Gasteiger partial charge on any atom is 0.394 e. The minimum Gasteiger partial charge on any atom is -0.474 e. The molecule has 2 aromatic rings. The molecule has 0 aromatic heterocycles. The van der Waals surface area contributed by atoms with Crippen molar-refractivity contribution < 1.29 is 14.7 Å². The Kier molecular flexibility index (Phi) is 4.06. The molecule has 5 heteroatoms. The van der Waals surface area contributed by atoms with Gasteiger partial charge in [0.1, 0.15) is 0 Å². The van der Waals surface area contributed by atoms with E-state index in [9.17, 15) is 9.59 Å². The van der Waals surface area contributed by atoms with Crippen molar-refractivity contribution in [2.24, 2.45) is 0 Å². The van der Waals surface area contributed by atoms with Crippen molar-refractivity contribution in [3.63, 3.8) is 0 Å². The second-order valence-electron chi connectivity index (χ2n) is 3.29. The van der Waals surface area contributed by atoms with Crippen LogP contribution in [0, 0.1) is 0 Å². The smallest absolute Gasteiger partial charge is 0.394 e. The normalized spacial score (nSPS) is 9.41. The van der Waals surface area contributed by atoms with Crippen LogP contribution in [-0.4, -0.2) is 17.0 Å². The zero-order valence-electron chi connectivity index (χ0n) is 8.71. The van der Waals surface area contributed by atoms with Crippen LogP contribution in [-0.2, 0) is 9.59 Å². The van der Waals surface area contributed by atoms with E-state index in [-0.39, 0.29) is 12.4 Å². The van der Waals surface area contributed by atoms with Crippen LogP contribution < -0.4 is 5.32 Å². The third kappa shape index (κ3) is 2.73. The summed E-state index contributed by atoms with van der Waals surface area (Å²) in [5.41, 5.74) is 0.505. The van der Waals surface area contributed by atoms with Gasteiger partial charge in [-0.1, -0.05) is 36.4 Å². The lowest BCUT2D eigenvalue weighted by molar-refractivity contribution is -0.147. The maximum atomic E-state index is 11.0. The summed E-state index contributed by atoms with van der Waals surface area (Å²) < 4.78 is 0. The van der Waals surface area contributed by atoms with Gasteiger partial charge in [-0.25, -0.2) is 4.79 Å². The second-order valence-corrected chi connectivity index (χ2v) is 3.29. The van der Waals surface area contributed by atoms with Gasteiger partial charge in [0.05, 0.1) is 0 Å². The van der Waals surface area contributed by atoms with E-state index in [1.807, 2.05) is 30.3 Å². The number of halogens is 1. The average molecular weight is 252 g/mol. The number of benzene rings is 2. The molecule has 17 heavy (non-hydrogen) atoms. The summed E-state index contributed by atoms with van der Waals surface area (Å²) in [4.78, 5) is 21.5. The van der Waals surface area contributed by atoms with Crippen molar-refractivity contribution >= 4 is 40.7 Å². The van der Waals surface area contributed by atoms with Gasteiger partial charge < -0.3 is 10.4 Å². The van der Waals surface area contributed by atoms with E-state index < -0.39 is 11.9 Å². The predicted molar refractivity (Wildman–Crippen MR) is 67.5 cm³/mol. The van der Waals surface area contributed by atoms with Gasteiger partial charge >= 0.3 is 11.9 Å². The Morgan fingerprint density at radius 3 is 2.35 bits per heavy atom. The molecular formula is C12H10ClNO3. The van der Waals surface area contributed by atoms with Gasteiger partial charge in [0.2, 0.25) is 0 Å². The van der Waals surface area contributed by atoms with Gasteiger partial charge in [-0.15, -0.1) is 12.4 Å². The number of hydrogen-bond acceptors (Lipinski definition) is 2. The molecule has 0 spiro atoms. The number of fused-ring (bicyclic) bond motifs is 1. The Balaban J connectivity index is 0.00000144. The number of hydrogen-bond donors (Lipinski definition) is 2. The zero-order chi connectivity index (χ0) is 11.5. The number of rotatable bonds is 1. The number of aliphatic carboxylic acids is 1. The molecule has 0 aliphatic rings. The second kappa shape index (κ2) is 5.32. The SMILES string of the molecule is Cl.O=C(O)C(=O)Nc1cccc2ccccc12. The quantitative estimate of drug-likeness (QED) is 0.764. The molecule has 0 unspecified atom stereocenters. The highest BCUT2D eigenvalue weighted by Crippen LogP contribution is 2.22. The first-order valence-corrected chi connectivity index (χ1v) is 4.70. The van der Waals surface area contributed by atoms with E-state index in [2.05, 4.69) is 5.32 Å². The third-order valence-corrected chi connectivity index (χ3v) is 2.23. The van der Waals surface area contributed by atoms with E-state index in [1.165, 1.54) is 0 Å². The first-order valence-electron chi connectivity index (χ1n) is 4.70. The molecule has 0 radical (unpaired) electrons. The molecule has 0 bridgehead atoms. The van der Waals surface area contributed by atoms with Crippen molar-refractivity contribution in [3.05, 3.63) is 42.5 Å². The van der Waals surface area contributed by atoms with Crippen LogP contribution in [0.1, 0.15) is 0 Å². The molecule has 0 atom stereocenters. The van der Waals surface area contributed by atoms with Gasteiger partial charge in [-0.05, 0) is 11.5 Å². The zero-order valence-corrected chi connectivity index (χ0v) is 9.53. The topological polar surface area (TPSA) is 66.4 Å². The fourth-order valence-electron chi connectivity index (χ4n) is 1.51. The molecule has 0 aliphatic heterocycles. The number of nitrogens with one attached hydrogen (secondary N) is 1. The van der Waals surface area contributed by atoms with Crippen LogP contribution in [0.15, 0.2) is 42.5 Å². The van der Waals surface area contributed by atoms with Crippen molar-refractivity contribution in [2.75, 3.05) is 5.32 Å². The van der Waals surface area contributed by atoms with Crippen molar-refractivity contribution in [1.82, 2.24) is 0 Å². The fraction of sp³-hybridized carbons (Fsp3) is 0. The van der Waals surface area contributed by atoms with Gasteiger partial charge in [0.15, 0.2) is 0 Å². The molecule has 0 heterocycles. The molecule has 1 amide bonds. The van der Waals surface area contributed by atoms with Crippen LogP contribution in [0.25, 0.3) is 10.8 Å². The highest BCUT2D eigenvalue weighted by molar-refractivity contribution is 6.37. The number of carboxylic acid groups (broad SMARTS) is 1. The van der Waals surface area contributed by atoms with Crippen molar-refractivity contribution in [3.8, 4) is 0 Å². The van der Waals surface area contributed by atoms with E-state index in [0.717, 1.165) is 10.8 Å². The lowest BCUT2D eigenvalue weighted by Gasteiger charge is -2.06. The minimum atomic E-state index is -1.49. The minimum absolute atomic E-state index is 0. The highest BCUT2D eigenvalue weighted by Gasteiger charge is 2.12. The highest BCUT2D eigenvalue weighted by atomic mass is 35.5.